The molecule has 0 amide bonds. The number of ether oxygens (including phenoxy) is 1. The summed E-state index contributed by atoms with van der Waals surface area (Å²) >= 11 is 0. The highest BCUT2D eigenvalue weighted by atomic mass is 16.5. The van der Waals surface area contributed by atoms with Crippen LogP contribution >= 0.6 is 0 Å². The minimum absolute atomic E-state index is 0.241. The summed E-state index contributed by atoms with van der Waals surface area (Å²) in [4.78, 5) is 11.8. The normalized spacial score (nSPS) is 11.5. The Kier molecular flexibility index (Phi) is 4.92. The molecule has 0 bridgehead atoms. The molecular formula is C16H22N4O2. The molecule has 0 aliphatic heterocycles. The van der Waals surface area contributed by atoms with E-state index in [0.717, 1.165) is 17.8 Å². The first kappa shape index (κ1) is 16.2. The zero-order chi connectivity index (χ0) is 16.2. The zero-order valence-electron chi connectivity index (χ0n) is 13.5. The standard InChI is InChI=1S/C16H22N4O2/c1-5-17-16(2,3)14-11-20(19-18-14)10-12-8-6-7-9-13(12)15(21)22-4/h6-9,11,17H,5,10H2,1-4H3. The Hall–Kier alpha value is -2.21. The van der Waals surface area contributed by atoms with Gasteiger partial charge < -0.3 is 10.1 Å². The number of aromatic nitrogens is 3. The largest absolute Gasteiger partial charge is 0.465 e. The van der Waals surface area contributed by atoms with Crippen LogP contribution in [-0.2, 0) is 16.8 Å². The fourth-order valence-electron chi connectivity index (χ4n) is 2.34. The molecule has 1 N–H and O–H groups in total. The van der Waals surface area contributed by atoms with Crippen molar-refractivity contribution in [3.63, 3.8) is 0 Å². The van der Waals surface area contributed by atoms with Gasteiger partial charge in [-0.3, -0.25) is 0 Å². The second-order valence-electron chi connectivity index (χ2n) is 5.61. The van der Waals surface area contributed by atoms with Gasteiger partial charge in [-0.1, -0.05) is 30.3 Å². The van der Waals surface area contributed by atoms with E-state index in [1.807, 2.05) is 24.4 Å². The van der Waals surface area contributed by atoms with Gasteiger partial charge in [-0.2, -0.15) is 0 Å². The molecule has 0 atom stereocenters. The Morgan fingerprint density at radius 1 is 1.36 bits per heavy atom. The Labute approximate surface area is 130 Å². The van der Waals surface area contributed by atoms with Crippen molar-refractivity contribution in [2.45, 2.75) is 32.9 Å². The third kappa shape index (κ3) is 3.51. The van der Waals surface area contributed by atoms with E-state index in [0.29, 0.717) is 12.1 Å². The monoisotopic (exact) mass is 302 g/mol. The molecule has 0 unspecified atom stereocenters. The van der Waals surface area contributed by atoms with Gasteiger partial charge in [-0.05, 0) is 32.0 Å². The molecule has 0 aliphatic rings. The second kappa shape index (κ2) is 6.70. The molecule has 2 rings (SSSR count). The third-order valence-corrected chi connectivity index (χ3v) is 3.55. The molecule has 0 aliphatic carbocycles. The molecular weight excluding hydrogens is 280 g/mol. The van der Waals surface area contributed by atoms with Crippen LogP contribution in [0.15, 0.2) is 30.5 Å². The first-order chi connectivity index (χ1) is 10.5. The molecule has 6 heteroatoms. The first-order valence-electron chi connectivity index (χ1n) is 7.29. The molecule has 0 saturated carbocycles. The number of methoxy groups -OCH3 is 1. The SMILES string of the molecule is CCNC(C)(C)c1cn(Cc2ccccc2C(=O)OC)nn1. The summed E-state index contributed by atoms with van der Waals surface area (Å²) in [6.45, 7) is 7.50. The van der Waals surface area contributed by atoms with Crippen molar-refractivity contribution in [2.75, 3.05) is 13.7 Å². The predicted octanol–water partition coefficient (Wildman–Crippen LogP) is 1.96. The van der Waals surface area contributed by atoms with E-state index >= 15 is 0 Å². The van der Waals surface area contributed by atoms with Gasteiger partial charge in [0, 0.05) is 0 Å². The Morgan fingerprint density at radius 3 is 2.77 bits per heavy atom. The quantitative estimate of drug-likeness (QED) is 0.826. The molecule has 2 aromatic rings. The van der Waals surface area contributed by atoms with E-state index < -0.39 is 0 Å². The number of hydrogen-bond donors (Lipinski definition) is 1. The van der Waals surface area contributed by atoms with Gasteiger partial charge in [0.25, 0.3) is 0 Å². The molecule has 22 heavy (non-hydrogen) atoms. The molecule has 1 aromatic heterocycles. The number of benzene rings is 1. The number of hydrogen-bond acceptors (Lipinski definition) is 5. The summed E-state index contributed by atoms with van der Waals surface area (Å²) in [7, 11) is 1.38. The van der Waals surface area contributed by atoms with Crippen LogP contribution in [0.25, 0.3) is 0 Å². The van der Waals surface area contributed by atoms with Crippen molar-refractivity contribution in [3.8, 4) is 0 Å². The van der Waals surface area contributed by atoms with E-state index in [-0.39, 0.29) is 11.5 Å². The van der Waals surface area contributed by atoms with Gasteiger partial charge in [0.1, 0.15) is 5.69 Å². The zero-order valence-corrected chi connectivity index (χ0v) is 13.5. The minimum Gasteiger partial charge on any atom is -0.465 e. The van der Waals surface area contributed by atoms with Gasteiger partial charge in [0.2, 0.25) is 0 Å². The maximum atomic E-state index is 11.8. The molecule has 1 heterocycles. The molecule has 1 aromatic carbocycles. The fraction of sp³-hybridized carbons (Fsp3) is 0.438. The van der Waals surface area contributed by atoms with Crippen LogP contribution in [0.4, 0.5) is 0 Å². The highest BCUT2D eigenvalue weighted by Gasteiger charge is 2.23. The van der Waals surface area contributed by atoms with Crippen LogP contribution in [0.5, 0.6) is 0 Å². The topological polar surface area (TPSA) is 69.0 Å². The van der Waals surface area contributed by atoms with E-state index in [4.69, 9.17) is 4.74 Å². The minimum atomic E-state index is -0.344. The van der Waals surface area contributed by atoms with Crippen molar-refractivity contribution in [1.82, 2.24) is 20.3 Å². The van der Waals surface area contributed by atoms with E-state index in [1.165, 1.54) is 7.11 Å². The number of carbonyl (C=O) groups is 1. The Bertz CT molecular complexity index is 649. The van der Waals surface area contributed by atoms with Gasteiger partial charge in [0.05, 0.1) is 31.0 Å². The molecule has 0 spiro atoms. The summed E-state index contributed by atoms with van der Waals surface area (Å²) in [5.74, 6) is -0.344. The van der Waals surface area contributed by atoms with Crippen LogP contribution in [0.3, 0.4) is 0 Å². The molecule has 0 radical (unpaired) electrons. The lowest BCUT2D eigenvalue weighted by atomic mass is 10.0. The van der Waals surface area contributed by atoms with E-state index in [9.17, 15) is 4.79 Å². The number of rotatable bonds is 6. The summed E-state index contributed by atoms with van der Waals surface area (Å²) in [6, 6.07) is 7.35. The lowest BCUT2D eigenvalue weighted by Gasteiger charge is -2.22. The summed E-state index contributed by atoms with van der Waals surface area (Å²) in [5.41, 5.74) is 2.03. The Morgan fingerprint density at radius 2 is 2.09 bits per heavy atom. The summed E-state index contributed by atoms with van der Waals surface area (Å²) < 4.78 is 6.54. The number of nitrogens with zero attached hydrogens (tertiary/aromatic N) is 3. The van der Waals surface area contributed by atoms with Gasteiger partial charge in [-0.15, -0.1) is 5.10 Å². The average Bonchev–Trinajstić information content (AvgIpc) is 2.96. The number of esters is 1. The van der Waals surface area contributed by atoms with Crippen LogP contribution in [0, 0.1) is 0 Å². The molecule has 6 nitrogen and oxygen atoms in total. The predicted molar refractivity (Wildman–Crippen MR) is 83.6 cm³/mol. The van der Waals surface area contributed by atoms with Crippen molar-refractivity contribution < 1.29 is 9.53 Å². The molecule has 118 valence electrons. The number of nitrogens with one attached hydrogen (secondary N) is 1. The highest BCUT2D eigenvalue weighted by Crippen LogP contribution is 2.17. The van der Waals surface area contributed by atoms with Crippen molar-refractivity contribution >= 4 is 5.97 Å². The fourth-order valence-corrected chi connectivity index (χ4v) is 2.34. The summed E-state index contributed by atoms with van der Waals surface area (Å²) in [5, 5.41) is 11.8. The Balaban J connectivity index is 2.23. The lowest BCUT2D eigenvalue weighted by molar-refractivity contribution is 0.0599. The maximum absolute atomic E-state index is 11.8. The van der Waals surface area contributed by atoms with E-state index in [1.54, 1.807) is 10.7 Å². The van der Waals surface area contributed by atoms with Gasteiger partial charge in [-0.25, -0.2) is 9.48 Å². The maximum Gasteiger partial charge on any atom is 0.338 e. The van der Waals surface area contributed by atoms with Crippen LogP contribution in [0.1, 0.15) is 42.4 Å². The van der Waals surface area contributed by atoms with E-state index in [2.05, 4.69) is 36.4 Å². The lowest BCUT2D eigenvalue weighted by Crippen LogP contribution is -2.36. The molecule has 0 fully saturated rings. The van der Waals surface area contributed by atoms with Crippen molar-refractivity contribution in [2.24, 2.45) is 0 Å². The van der Waals surface area contributed by atoms with Crippen LogP contribution < -0.4 is 5.32 Å². The van der Waals surface area contributed by atoms with Gasteiger partial charge >= 0.3 is 5.97 Å². The van der Waals surface area contributed by atoms with Gasteiger partial charge in [0.15, 0.2) is 0 Å². The number of carbonyl (C=O) groups excluding carboxylic acids is 1. The second-order valence-corrected chi connectivity index (χ2v) is 5.61. The van der Waals surface area contributed by atoms with Crippen LogP contribution in [-0.4, -0.2) is 34.6 Å². The first-order valence-corrected chi connectivity index (χ1v) is 7.29. The molecule has 0 saturated heterocycles. The van der Waals surface area contributed by atoms with Crippen molar-refractivity contribution in [1.29, 1.82) is 0 Å². The smallest absolute Gasteiger partial charge is 0.338 e. The summed E-state index contributed by atoms with van der Waals surface area (Å²) in [6.07, 6.45) is 1.90. The van der Waals surface area contributed by atoms with Crippen LogP contribution in [0.2, 0.25) is 0 Å². The third-order valence-electron chi connectivity index (χ3n) is 3.55. The average molecular weight is 302 g/mol. The highest BCUT2D eigenvalue weighted by molar-refractivity contribution is 5.90. The van der Waals surface area contributed by atoms with Crippen molar-refractivity contribution in [3.05, 3.63) is 47.3 Å².